The van der Waals surface area contributed by atoms with E-state index in [1.807, 2.05) is 6.21 Å². The Balaban J connectivity index is 2.12. The van der Waals surface area contributed by atoms with Gasteiger partial charge in [0.15, 0.2) is 0 Å². The van der Waals surface area contributed by atoms with Gasteiger partial charge in [0, 0.05) is 32.9 Å². The molecule has 0 radical (unpaired) electrons. The number of ether oxygens (including phenoxy) is 2. The van der Waals surface area contributed by atoms with E-state index in [2.05, 4.69) is 24.0 Å². The van der Waals surface area contributed by atoms with Crippen molar-refractivity contribution in [3.63, 3.8) is 0 Å². The van der Waals surface area contributed by atoms with Gasteiger partial charge in [0.1, 0.15) is 5.75 Å². The van der Waals surface area contributed by atoms with Crippen molar-refractivity contribution in [2.45, 2.75) is 32.6 Å². The molecule has 0 aliphatic carbocycles. The van der Waals surface area contributed by atoms with E-state index in [4.69, 9.17) is 9.47 Å². The third kappa shape index (κ3) is 3.80. The number of rotatable bonds is 7. The van der Waals surface area contributed by atoms with Gasteiger partial charge in [-0.25, -0.2) is 0 Å². The molecule has 1 aromatic rings. The molecule has 0 aromatic heterocycles. The molecule has 0 unspecified atom stereocenters. The molecule has 0 fully saturated rings. The molecule has 1 aliphatic heterocycles. The van der Waals surface area contributed by atoms with Gasteiger partial charge in [0.25, 0.3) is 0 Å². The van der Waals surface area contributed by atoms with Gasteiger partial charge in [-0.3, -0.25) is 4.99 Å². The van der Waals surface area contributed by atoms with Crippen LogP contribution in [0.15, 0.2) is 17.1 Å². The van der Waals surface area contributed by atoms with Crippen molar-refractivity contribution in [1.29, 1.82) is 0 Å². The van der Waals surface area contributed by atoms with Crippen LogP contribution in [-0.2, 0) is 17.6 Å². The molecule has 1 heterocycles. The van der Waals surface area contributed by atoms with Crippen LogP contribution in [0.4, 0.5) is 0 Å². The highest BCUT2D eigenvalue weighted by Crippen LogP contribution is 2.26. The molecule has 104 valence electrons. The van der Waals surface area contributed by atoms with Gasteiger partial charge in [-0.2, -0.15) is 0 Å². The van der Waals surface area contributed by atoms with Gasteiger partial charge in [0.05, 0.1) is 6.61 Å². The van der Waals surface area contributed by atoms with Gasteiger partial charge in [-0.15, -0.1) is 0 Å². The number of aliphatic imine (C=N–C) groups is 1. The zero-order valence-electron chi connectivity index (χ0n) is 11.9. The summed E-state index contributed by atoms with van der Waals surface area (Å²) in [5.41, 5.74) is 3.92. The highest BCUT2D eigenvalue weighted by atomic mass is 16.5. The number of fused-ring (bicyclic) bond motifs is 1. The van der Waals surface area contributed by atoms with Gasteiger partial charge in [-0.1, -0.05) is 13.3 Å². The molecular formula is C16H23NO2. The molecule has 0 amide bonds. The van der Waals surface area contributed by atoms with E-state index in [1.165, 1.54) is 16.7 Å². The monoisotopic (exact) mass is 261 g/mol. The Hall–Kier alpha value is -1.35. The third-order valence-electron chi connectivity index (χ3n) is 3.33. The summed E-state index contributed by atoms with van der Waals surface area (Å²) in [4.78, 5) is 4.35. The lowest BCUT2D eigenvalue weighted by Gasteiger charge is -2.17. The summed E-state index contributed by atoms with van der Waals surface area (Å²) < 4.78 is 11.0. The van der Waals surface area contributed by atoms with Crippen molar-refractivity contribution >= 4 is 6.21 Å². The average Bonchev–Trinajstić information content (AvgIpc) is 2.44. The predicted octanol–water partition coefficient (Wildman–Crippen LogP) is 3.03. The number of hydrogen-bond donors (Lipinski definition) is 0. The molecule has 0 saturated carbocycles. The molecule has 0 N–H and O–H groups in total. The van der Waals surface area contributed by atoms with Crippen molar-refractivity contribution in [3.8, 4) is 5.75 Å². The summed E-state index contributed by atoms with van der Waals surface area (Å²) in [7, 11) is 1.72. The van der Waals surface area contributed by atoms with Crippen molar-refractivity contribution in [3.05, 3.63) is 28.8 Å². The lowest BCUT2D eigenvalue weighted by atomic mass is 9.97. The number of hydrogen-bond acceptors (Lipinski definition) is 3. The van der Waals surface area contributed by atoms with E-state index in [0.717, 1.165) is 51.2 Å². The Bertz CT molecular complexity index is 441. The quantitative estimate of drug-likeness (QED) is 0.706. The van der Waals surface area contributed by atoms with Crippen molar-refractivity contribution in [1.82, 2.24) is 0 Å². The molecule has 2 rings (SSSR count). The van der Waals surface area contributed by atoms with Crippen LogP contribution in [-0.4, -0.2) is 33.1 Å². The summed E-state index contributed by atoms with van der Waals surface area (Å²) in [6, 6.07) is 4.45. The molecule has 0 atom stereocenters. The van der Waals surface area contributed by atoms with Gasteiger partial charge < -0.3 is 9.47 Å². The van der Waals surface area contributed by atoms with Gasteiger partial charge in [0.2, 0.25) is 0 Å². The van der Waals surface area contributed by atoms with E-state index in [1.54, 1.807) is 7.11 Å². The Morgan fingerprint density at radius 3 is 2.95 bits per heavy atom. The first-order chi connectivity index (χ1) is 9.35. The van der Waals surface area contributed by atoms with Crippen LogP contribution in [0.5, 0.6) is 5.75 Å². The summed E-state index contributed by atoms with van der Waals surface area (Å²) in [5.74, 6) is 1.05. The van der Waals surface area contributed by atoms with Crippen LogP contribution in [0.3, 0.4) is 0 Å². The van der Waals surface area contributed by atoms with Crippen molar-refractivity contribution < 1.29 is 9.47 Å². The van der Waals surface area contributed by atoms with Crippen LogP contribution in [0.25, 0.3) is 0 Å². The fraction of sp³-hybridized carbons (Fsp3) is 0.562. The fourth-order valence-corrected chi connectivity index (χ4v) is 2.35. The van der Waals surface area contributed by atoms with E-state index in [9.17, 15) is 0 Å². The number of benzene rings is 1. The minimum absolute atomic E-state index is 0.720. The first-order valence-electron chi connectivity index (χ1n) is 7.12. The Kier molecular flexibility index (Phi) is 5.40. The number of aryl methyl sites for hydroxylation is 1. The third-order valence-corrected chi connectivity index (χ3v) is 3.33. The molecule has 19 heavy (non-hydrogen) atoms. The molecule has 1 aliphatic rings. The maximum Gasteiger partial charge on any atom is 0.122 e. The summed E-state index contributed by atoms with van der Waals surface area (Å²) >= 11 is 0. The molecule has 0 spiro atoms. The lowest BCUT2D eigenvalue weighted by molar-refractivity contribution is 0.171. The van der Waals surface area contributed by atoms with Gasteiger partial charge in [-0.05, 0) is 41.7 Å². The van der Waals surface area contributed by atoms with E-state index < -0.39 is 0 Å². The van der Waals surface area contributed by atoms with Crippen molar-refractivity contribution in [2.24, 2.45) is 4.99 Å². The van der Waals surface area contributed by atoms with Crippen LogP contribution < -0.4 is 4.74 Å². The SMILES string of the molecule is CCCc1cc2c(cc1OCCCOC)CCN=C2. The second kappa shape index (κ2) is 7.29. The Labute approximate surface area is 115 Å². The van der Waals surface area contributed by atoms with Crippen molar-refractivity contribution in [2.75, 3.05) is 26.9 Å². The lowest BCUT2D eigenvalue weighted by Crippen LogP contribution is -2.08. The van der Waals surface area contributed by atoms with Crippen LogP contribution in [0.2, 0.25) is 0 Å². The Morgan fingerprint density at radius 2 is 2.16 bits per heavy atom. The van der Waals surface area contributed by atoms with Gasteiger partial charge >= 0.3 is 0 Å². The number of nitrogens with zero attached hydrogens (tertiary/aromatic N) is 1. The highest BCUT2D eigenvalue weighted by molar-refractivity contribution is 5.83. The molecule has 0 saturated heterocycles. The first kappa shape index (κ1) is 14.1. The zero-order valence-corrected chi connectivity index (χ0v) is 11.9. The molecule has 1 aromatic carbocycles. The normalized spacial score (nSPS) is 13.4. The van der Waals surface area contributed by atoms with Crippen LogP contribution in [0, 0.1) is 0 Å². The first-order valence-corrected chi connectivity index (χ1v) is 7.12. The summed E-state index contributed by atoms with van der Waals surface area (Å²) in [5, 5.41) is 0. The zero-order chi connectivity index (χ0) is 13.5. The Morgan fingerprint density at radius 1 is 1.26 bits per heavy atom. The summed E-state index contributed by atoms with van der Waals surface area (Å²) in [6.45, 7) is 4.56. The predicted molar refractivity (Wildman–Crippen MR) is 78.6 cm³/mol. The average molecular weight is 261 g/mol. The highest BCUT2D eigenvalue weighted by Gasteiger charge is 2.11. The minimum atomic E-state index is 0.720. The summed E-state index contributed by atoms with van der Waals surface area (Å²) in [6.07, 6.45) is 6.13. The minimum Gasteiger partial charge on any atom is -0.493 e. The second-order valence-electron chi connectivity index (χ2n) is 4.89. The molecular weight excluding hydrogens is 238 g/mol. The number of methoxy groups -OCH3 is 1. The topological polar surface area (TPSA) is 30.8 Å². The molecule has 3 heteroatoms. The molecule has 0 bridgehead atoms. The maximum atomic E-state index is 5.93. The van der Waals surface area contributed by atoms with E-state index in [0.29, 0.717) is 0 Å². The van der Waals surface area contributed by atoms with Crippen LogP contribution in [0.1, 0.15) is 36.5 Å². The maximum absolute atomic E-state index is 5.93. The van der Waals surface area contributed by atoms with E-state index >= 15 is 0 Å². The smallest absolute Gasteiger partial charge is 0.122 e. The molecule has 3 nitrogen and oxygen atoms in total. The largest absolute Gasteiger partial charge is 0.493 e. The fourth-order valence-electron chi connectivity index (χ4n) is 2.35. The van der Waals surface area contributed by atoms with E-state index in [-0.39, 0.29) is 0 Å². The second-order valence-corrected chi connectivity index (χ2v) is 4.89. The standard InChI is InChI=1S/C16H23NO2/c1-3-5-14-10-15-12-17-7-6-13(15)11-16(14)19-9-4-8-18-2/h10-12H,3-9H2,1-2H3. The van der Waals surface area contributed by atoms with Crippen LogP contribution >= 0.6 is 0 Å².